The summed E-state index contributed by atoms with van der Waals surface area (Å²) in [6, 6.07) is 9.42. The Morgan fingerprint density at radius 3 is 1.52 bits per heavy atom. The van der Waals surface area contributed by atoms with Gasteiger partial charge in [-0.05, 0) is 164 Å². The van der Waals surface area contributed by atoms with E-state index in [1.807, 2.05) is 0 Å². The van der Waals surface area contributed by atoms with Crippen molar-refractivity contribution in [2.45, 2.75) is 194 Å². The molecule has 8 bridgehead atoms. The maximum Gasteiger partial charge on any atom is 0.221 e. The topological polar surface area (TPSA) is 29.1 Å². The van der Waals surface area contributed by atoms with E-state index in [4.69, 9.17) is 0 Å². The van der Waals surface area contributed by atoms with Crippen LogP contribution in [0.4, 0.5) is 5.69 Å². The van der Waals surface area contributed by atoms with E-state index in [0.29, 0.717) is 37.9 Å². The van der Waals surface area contributed by atoms with Gasteiger partial charge in [-0.3, -0.25) is 4.79 Å². The van der Waals surface area contributed by atoms with Gasteiger partial charge in [0.1, 0.15) is 0 Å². The molecule has 8 aliphatic carbocycles. The van der Waals surface area contributed by atoms with Crippen molar-refractivity contribution in [3.8, 4) is 0 Å². The van der Waals surface area contributed by atoms with E-state index in [9.17, 15) is 4.79 Å². The van der Waals surface area contributed by atoms with E-state index in [1.54, 1.807) is 63.9 Å². The van der Waals surface area contributed by atoms with E-state index in [-0.39, 0.29) is 5.91 Å². The Labute approximate surface area is 283 Å². The zero-order valence-electron chi connectivity index (χ0n) is 30.8. The first kappa shape index (κ1) is 33.2. The van der Waals surface area contributed by atoms with Crippen molar-refractivity contribution in [2.75, 3.05) is 5.32 Å². The van der Waals surface area contributed by atoms with Crippen LogP contribution >= 0.6 is 0 Å². The number of amides is 1. The summed E-state index contributed by atoms with van der Waals surface area (Å²) in [6.07, 6.45) is 35.5. The zero-order chi connectivity index (χ0) is 32.3. The number of hydrogen-bond donors (Lipinski definition) is 1. The molecule has 0 saturated heterocycles. The highest BCUT2D eigenvalue weighted by Crippen LogP contribution is 2.85. The Morgan fingerprint density at radius 1 is 0.587 bits per heavy atom. The molecule has 1 amide bonds. The molecule has 46 heavy (non-hydrogen) atoms. The molecule has 8 fully saturated rings. The normalized spacial score (nSPS) is 43.4. The van der Waals surface area contributed by atoms with Crippen molar-refractivity contribution in [1.82, 2.24) is 0 Å². The fraction of sp³-hybridized carbons (Fsp3) is 0.841. The van der Waals surface area contributed by atoms with E-state index < -0.39 is 0 Å². The van der Waals surface area contributed by atoms with Gasteiger partial charge in [-0.15, -0.1) is 0 Å². The van der Waals surface area contributed by atoms with Crippen molar-refractivity contribution in [2.24, 2.45) is 38.4 Å². The molecule has 0 heterocycles. The zero-order valence-corrected chi connectivity index (χ0v) is 30.8. The molecule has 256 valence electrons. The summed E-state index contributed by atoms with van der Waals surface area (Å²) in [5.41, 5.74) is 6.27. The van der Waals surface area contributed by atoms with Crippen LogP contribution in [0.3, 0.4) is 0 Å². The lowest BCUT2D eigenvalue weighted by Crippen LogP contribution is -2.70. The minimum atomic E-state index is 0.0364. The molecule has 1 aromatic carbocycles. The van der Waals surface area contributed by atoms with Crippen molar-refractivity contribution < 1.29 is 4.79 Å². The second-order valence-electron chi connectivity index (χ2n) is 19.6. The van der Waals surface area contributed by atoms with Gasteiger partial charge in [-0.25, -0.2) is 0 Å². The molecular formula is C44H69NO. The first-order valence-corrected chi connectivity index (χ1v) is 20.4. The van der Waals surface area contributed by atoms with Crippen molar-refractivity contribution in [3.05, 3.63) is 29.8 Å². The second-order valence-corrected chi connectivity index (χ2v) is 19.6. The SMILES string of the molecule is CCCCC12CC3CC(CCCC)(C1)CC(C14CC5(CCCC)CC(CCCC)(CC(c6ccc(NC(C)=O)cc6)(C5)C1)C4)(C3)C2. The van der Waals surface area contributed by atoms with E-state index in [0.717, 1.165) is 11.6 Å². The molecule has 0 radical (unpaired) electrons. The van der Waals surface area contributed by atoms with Crippen LogP contribution in [0.25, 0.3) is 0 Å². The van der Waals surface area contributed by atoms with Gasteiger partial charge in [0.15, 0.2) is 0 Å². The summed E-state index contributed by atoms with van der Waals surface area (Å²) in [7, 11) is 0. The number of carbonyl (C=O) groups excluding carboxylic acids is 1. The van der Waals surface area contributed by atoms with Crippen LogP contribution < -0.4 is 5.32 Å². The highest BCUT2D eigenvalue weighted by atomic mass is 16.1. The lowest BCUT2D eigenvalue weighted by atomic mass is 9.25. The largest absolute Gasteiger partial charge is 0.326 e. The number of anilines is 1. The van der Waals surface area contributed by atoms with Gasteiger partial charge >= 0.3 is 0 Å². The predicted molar refractivity (Wildman–Crippen MR) is 194 cm³/mol. The number of unbranched alkanes of at least 4 members (excludes halogenated alkanes) is 4. The van der Waals surface area contributed by atoms with Gasteiger partial charge in [-0.2, -0.15) is 0 Å². The summed E-state index contributed by atoms with van der Waals surface area (Å²) < 4.78 is 0. The van der Waals surface area contributed by atoms with Crippen molar-refractivity contribution in [3.63, 3.8) is 0 Å². The molecule has 2 nitrogen and oxygen atoms in total. The highest BCUT2D eigenvalue weighted by Gasteiger charge is 2.76. The van der Waals surface area contributed by atoms with Crippen LogP contribution in [0, 0.1) is 38.4 Å². The van der Waals surface area contributed by atoms with Crippen LogP contribution in [-0.4, -0.2) is 5.91 Å². The standard InChI is InChI=1S/C44H69NO/c1-6-10-18-38-22-35-23-39(25-38,19-11-7-2)30-43(24-35,29-38)44-31-40(20-12-8-3)26-41(32-44,21-13-9-4)28-42(27-40,33-44)36-14-16-37(17-15-36)45-34(5)46/h14-17,35H,6-13,18-33H2,1-5H3,(H,45,46). The van der Waals surface area contributed by atoms with Gasteiger partial charge in [0.05, 0.1) is 0 Å². The molecule has 8 saturated carbocycles. The Kier molecular flexibility index (Phi) is 8.61. The van der Waals surface area contributed by atoms with E-state index in [1.165, 1.54) is 103 Å². The molecule has 0 aliphatic heterocycles. The minimum Gasteiger partial charge on any atom is -0.326 e. The number of nitrogens with one attached hydrogen (secondary N) is 1. The monoisotopic (exact) mass is 628 g/mol. The summed E-state index contributed by atoms with van der Waals surface area (Å²) in [5, 5.41) is 3.08. The van der Waals surface area contributed by atoms with Crippen LogP contribution in [0.1, 0.15) is 194 Å². The van der Waals surface area contributed by atoms with Gasteiger partial charge < -0.3 is 5.32 Å². The third kappa shape index (κ3) is 5.45. The fourth-order valence-electron chi connectivity index (χ4n) is 15.8. The minimum absolute atomic E-state index is 0.0364. The summed E-state index contributed by atoms with van der Waals surface area (Å²) >= 11 is 0. The van der Waals surface area contributed by atoms with Gasteiger partial charge in [0.2, 0.25) is 5.91 Å². The Balaban J connectivity index is 1.37. The first-order valence-electron chi connectivity index (χ1n) is 20.4. The van der Waals surface area contributed by atoms with Crippen LogP contribution in [-0.2, 0) is 10.2 Å². The molecule has 0 aromatic heterocycles. The van der Waals surface area contributed by atoms with Gasteiger partial charge in [0.25, 0.3) is 0 Å². The third-order valence-corrected chi connectivity index (χ3v) is 15.8. The van der Waals surface area contributed by atoms with E-state index >= 15 is 0 Å². The second kappa shape index (κ2) is 11.9. The van der Waals surface area contributed by atoms with Gasteiger partial charge in [0, 0.05) is 12.6 Å². The highest BCUT2D eigenvalue weighted by molar-refractivity contribution is 5.88. The number of rotatable bonds is 15. The molecule has 1 aromatic rings. The fourth-order valence-corrected chi connectivity index (χ4v) is 15.8. The third-order valence-electron chi connectivity index (χ3n) is 15.8. The smallest absolute Gasteiger partial charge is 0.221 e. The van der Waals surface area contributed by atoms with Crippen LogP contribution in [0.2, 0.25) is 0 Å². The lowest BCUT2D eigenvalue weighted by molar-refractivity contribution is -0.283. The predicted octanol–water partition coefficient (Wildman–Crippen LogP) is 12.9. The van der Waals surface area contributed by atoms with Crippen LogP contribution in [0.15, 0.2) is 24.3 Å². The molecule has 9 rings (SSSR count). The Hall–Kier alpha value is -1.31. The lowest BCUT2D eigenvalue weighted by Gasteiger charge is -2.80. The quantitative estimate of drug-likeness (QED) is 0.206. The summed E-state index contributed by atoms with van der Waals surface area (Å²) in [4.78, 5) is 11.9. The Morgan fingerprint density at radius 2 is 1.04 bits per heavy atom. The van der Waals surface area contributed by atoms with Crippen molar-refractivity contribution >= 4 is 11.6 Å². The molecule has 4 unspecified atom stereocenters. The number of benzene rings is 1. The molecule has 2 heteroatoms. The number of carbonyl (C=O) groups is 1. The maximum atomic E-state index is 11.9. The molecule has 4 atom stereocenters. The average molecular weight is 628 g/mol. The molecular weight excluding hydrogens is 558 g/mol. The summed E-state index contributed by atoms with van der Waals surface area (Å²) in [5.74, 6) is 1.03. The average Bonchev–Trinajstić information content (AvgIpc) is 3.00. The molecule has 0 spiro atoms. The van der Waals surface area contributed by atoms with Gasteiger partial charge in [-0.1, -0.05) is 91.2 Å². The maximum absolute atomic E-state index is 11.9. The Bertz CT molecular complexity index is 1210. The first-order chi connectivity index (χ1) is 22.0. The number of hydrogen-bond acceptors (Lipinski definition) is 1. The summed E-state index contributed by atoms with van der Waals surface area (Å²) in [6.45, 7) is 11.4. The van der Waals surface area contributed by atoms with Crippen LogP contribution in [0.5, 0.6) is 0 Å². The van der Waals surface area contributed by atoms with E-state index in [2.05, 4.69) is 57.3 Å². The van der Waals surface area contributed by atoms with Crippen molar-refractivity contribution in [1.29, 1.82) is 0 Å². The molecule has 8 aliphatic rings. The molecule has 1 N–H and O–H groups in total.